The second-order valence-corrected chi connectivity index (χ2v) is 9.21. The van der Waals surface area contributed by atoms with Gasteiger partial charge in [-0.3, -0.25) is 19.1 Å². The summed E-state index contributed by atoms with van der Waals surface area (Å²) in [5.74, 6) is 0.285. The predicted octanol–water partition coefficient (Wildman–Crippen LogP) is 4.85. The van der Waals surface area contributed by atoms with Gasteiger partial charge in [-0.2, -0.15) is 0 Å². The van der Waals surface area contributed by atoms with Gasteiger partial charge in [0.25, 0.3) is 5.91 Å². The van der Waals surface area contributed by atoms with Crippen molar-refractivity contribution in [2.75, 3.05) is 6.54 Å². The normalized spacial score (nSPS) is 16.9. The van der Waals surface area contributed by atoms with Crippen molar-refractivity contribution in [3.63, 3.8) is 0 Å². The Morgan fingerprint density at radius 3 is 2.61 bits per heavy atom. The second kappa shape index (κ2) is 9.24. The summed E-state index contributed by atoms with van der Waals surface area (Å²) in [6, 6.07) is 14.7. The highest BCUT2D eigenvalue weighted by Crippen LogP contribution is 2.32. The number of amides is 2. The average molecular weight is 455 g/mol. The minimum Gasteiger partial charge on any atom is -0.278 e. The van der Waals surface area contributed by atoms with Crippen LogP contribution >= 0.6 is 23.4 Å². The largest absolute Gasteiger partial charge is 0.278 e. The van der Waals surface area contributed by atoms with Gasteiger partial charge < -0.3 is 0 Å². The first kappa shape index (κ1) is 21.6. The van der Waals surface area contributed by atoms with Gasteiger partial charge in [0.05, 0.1) is 5.25 Å². The molecule has 2 aromatic carbocycles. The Kier molecular flexibility index (Phi) is 6.43. The fourth-order valence-corrected chi connectivity index (χ4v) is 5.00. The van der Waals surface area contributed by atoms with E-state index in [0.717, 1.165) is 29.9 Å². The molecule has 1 fully saturated rings. The molecular weight excluding hydrogens is 432 g/mol. The Morgan fingerprint density at radius 1 is 1.10 bits per heavy atom. The molecule has 1 aromatic heterocycles. The van der Waals surface area contributed by atoms with Crippen LogP contribution in [0.1, 0.15) is 41.0 Å². The van der Waals surface area contributed by atoms with Crippen molar-refractivity contribution in [3.05, 3.63) is 70.5 Å². The van der Waals surface area contributed by atoms with Crippen LogP contribution in [0.4, 0.5) is 0 Å². The van der Waals surface area contributed by atoms with Crippen LogP contribution in [0.5, 0.6) is 0 Å². The predicted molar refractivity (Wildman–Crippen MR) is 122 cm³/mol. The molecular formula is C23H23ClN4O2S. The van der Waals surface area contributed by atoms with Crippen LogP contribution < -0.4 is 0 Å². The number of benzene rings is 2. The van der Waals surface area contributed by atoms with E-state index in [0.29, 0.717) is 28.7 Å². The molecule has 2 amide bonds. The molecule has 6 nitrogen and oxygen atoms in total. The molecule has 0 spiro atoms. The molecule has 0 bridgehead atoms. The quantitative estimate of drug-likeness (QED) is 0.527. The lowest BCUT2D eigenvalue weighted by atomic mass is 10.2. The number of hydrogen-bond acceptors (Lipinski definition) is 5. The van der Waals surface area contributed by atoms with Crippen molar-refractivity contribution in [3.8, 4) is 5.69 Å². The van der Waals surface area contributed by atoms with E-state index < -0.39 is 5.25 Å². The second-order valence-electron chi connectivity index (χ2n) is 7.61. The summed E-state index contributed by atoms with van der Waals surface area (Å²) in [4.78, 5) is 27.7. The number of aryl methyl sites for hydroxylation is 2. The number of halogens is 1. The third-order valence-electron chi connectivity index (χ3n) is 5.28. The number of hydrogen-bond donors (Lipinski definition) is 0. The molecule has 0 aliphatic carbocycles. The molecule has 1 saturated heterocycles. The summed E-state index contributed by atoms with van der Waals surface area (Å²) in [7, 11) is 0. The summed E-state index contributed by atoms with van der Waals surface area (Å²) in [5, 5.41) is 9.37. The molecule has 0 saturated carbocycles. The van der Waals surface area contributed by atoms with E-state index in [4.69, 9.17) is 11.6 Å². The Balaban J connectivity index is 1.60. The van der Waals surface area contributed by atoms with Gasteiger partial charge in [0.1, 0.15) is 5.82 Å². The van der Waals surface area contributed by atoms with Crippen LogP contribution in [0.15, 0.2) is 53.7 Å². The van der Waals surface area contributed by atoms with Crippen molar-refractivity contribution in [2.24, 2.45) is 0 Å². The Morgan fingerprint density at radius 2 is 1.87 bits per heavy atom. The van der Waals surface area contributed by atoms with E-state index in [1.165, 1.54) is 16.7 Å². The lowest BCUT2D eigenvalue weighted by Gasteiger charge is -2.22. The highest BCUT2D eigenvalue weighted by atomic mass is 35.5. The van der Waals surface area contributed by atoms with Gasteiger partial charge in [0, 0.05) is 22.8 Å². The third-order valence-corrected chi connectivity index (χ3v) is 6.73. The number of imide groups is 1. The first-order valence-corrected chi connectivity index (χ1v) is 11.5. The molecule has 1 atom stereocenters. The highest BCUT2D eigenvalue weighted by molar-refractivity contribution is 8.00. The maximum absolute atomic E-state index is 13.3. The summed E-state index contributed by atoms with van der Waals surface area (Å²) in [6.45, 7) is 4.34. The minimum atomic E-state index is -0.397. The van der Waals surface area contributed by atoms with Crippen molar-refractivity contribution < 1.29 is 9.59 Å². The fraction of sp³-hybridized carbons (Fsp3) is 0.304. The molecule has 1 aliphatic heterocycles. The number of rotatable bonds is 4. The van der Waals surface area contributed by atoms with Crippen LogP contribution in [0.2, 0.25) is 5.02 Å². The maximum atomic E-state index is 13.3. The van der Waals surface area contributed by atoms with Crippen LogP contribution in [-0.4, -0.2) is 43.3 Å². The molecule has 1 aliphatic rings. The number of thioether (sulfide) groups is 1. The summed E-state index contributed by atoms with van der Waals surface area (Å²) in [5.41, 5.74) is 2.55. The minimum absolute atomic E-state index is 0.182. The molecule has 3 aromatic rings. The van der Waals surface area contributed by atoms with Crippen LogP contribution in [-0.2, 0) is 4.79 Å². The van der Waals surface area contributed by atoms with Crippen LogP contribution in [0, 0.1) is 13.8 Å². The smallest absolute Gasteiger partial charge is 0.260 e. The van der Waals surface area contributed by atoms with Gasteiger partial charge in [0.15, 0.2) is 5.16 Å². The van der Waals surface area contributed by atoms with Gasteiger partial charge in [-0.05, 0) is 68.7 Å². The van der Waals surface area contributed by atoms with E-state index in [2.05, 4.69) is 16.3 Å². The van der Waals surface area contributed by atoms with Crippen molar-refractivity contribution in [1.29, 1.82) is 0 Å². The Bertz CT molecular complexity index is 1110. The molecule has 0 radical (unpaired) electrons. The Hall–Kier alpha value is -2.64. The van der Waals surface area contributed by atoms with Crippen LogP contribution in [0.25, 0.3) is 5.69 Å². The van der Waals surface area contributed by atoms with Gasteiger partial charge in [-0.25, -0.2) is 0 Å². The molecule has 0 N–H and O–H groups in total. The zero-order chi connectivity index (χ0) is 22.0. The maximum Gasteiger partial charge on any atom is 0.260 e. The van der Waals surface area contributed by atoms with Gasteiger partial charge in [-0.1, -0.05) is 41.9 Å². The summed E-state index contributed by atoms with van der Waals surface area (Å²) in [6.07, 6.45) is 2.34. The third kappa shape index (κ3) is 4.67. The molecule has 2 heterocycles. The van der Waals surface area contributed by atoms with E-state index in [9.17, 15) is 9.59 Å². The average Bonchev–Trinajstić information content (AvgIpc) is 3.02. The van der Waals surface area contributed by atoms with Crippen molar-refractivity contribution in [2.45, 2.75) is 43.5 Å². The molecule has 8 heteroatoms. The highest BCUT2D eigenvalue weighted by Gasteiger charge is 2.33. The topological polar surface area (TPSA) is 68.1 Å². The standard InChI is InChI=1S/C23H23ClN4O2S/c1-15-6-5-7-19(14-15)28-16(2)25-26-23(28)31-20-8-3-4-13-27(22(20)30)21(29)17-9-11-18(24)12-10-17/h5-7,9-12,14,20H,3-4,8,13H2,1-2H3/t20-/m0/s1. The summed E-state index contributed by atoms with van der Waals surface area (Å²) >= 11 is 7.31. The zero-order valence-corrected chi connectivity index (χ0v) is 19.0. The van der Waals surface area contributed by atoms with Crippen LogP contribution in [0.3, 0.4) is 0 Å². The van der Waals surface area contributed by atoms with Gasteiger partial charge in [0.2, 0.25) is 5.91 Å². The lowest BCUT2D eigenvalue weighted by Crippen LogP contribution is -2.41. The molecule has 0 unspecified atom stereocenters. The van der Waals surface area contributed by atoms with E-state index in [1.54, 1.807) is 24.3 Å². The molecule has 160 valence electrons. The lowest BCUT2D eigenvalue weighted by molar-refractivity contribution is -0.127. The monoisotopic (exact) mass is 454 g/mol. The molecule has 4 rings (SSSR count). The number of likely N-dealkylation sites (tertiary alicyclic amines) is 1. The molecule has 31 heavy (non-hydrogen) atoms. The van der Waals surface area contributed by atoms with Crippen molar-refractivity contribution in [1.82, 2.24) is 19.7 Å². The zero-order valence-electron chi connectivity index (χ0n) is 17.4. The number of nitrogens with zero attached hydrogens (tertiary/aromatic N) is 4. The first-order chi connectivity index (χ1) is 14.9. The van der Waals surface area contributed by atoms with Crippen molar-refractivity contribution >= 4 is 35.2 Å². The van der Waals surface area contributed by atoms with E-state index in [-0.39, 0.29) is 11.8 Å². The number of carbonyl (C=O) groups is 2. The number of aromatic nitrogens is 3. The fourth-order valence-electron chi connectivity index (χ4n) is 3.68. The Labute approximate surface area is 190 Å². The van der Waals surface area contributed by atoms with E-state index in [1.807, 2.05) is 36.6 Å². The number of carbonyl (C=O) groups excluding carboxylic acids is 2. The summed E-state index contributed by atoms with van der Waals surface area (Å²) < 4.78 is 1.96. The van der Waals surface area contributed by atoms with E-state index >= 15 is 0 Å². The van der Waals surface area contributed by atoms with Gasteiger partial charge in [-0.15, -0.1) is 10.2 Å². The SMILES string of the molecule is Cc1cccc(-n2c(C)nnc2S[C@H]2CCCCN(C(=O)c3ccc(Cl)cc3)C2=O)c1. The first-order valence-electron chi connectivity index (χ1n) is 10.2. The van der Waals surface area contributed by atoms with Gasteiger partial charge >= 0.3 is 0 Å².